The fourth-order valence-corrected chi connectivity index (χ4v) is 2.30. The number of nitrogens with zero attached hydrogens (tertiary/aromatic N) is 1. The summed E-state index contributed by atoms with van der Waals surface area (Å²) in [5, 5.41) is 9.67. The van der Waals surface area contributed by atoms with Crippen LogP contribution in [-0.4, -0.2) is 54.8 Å². The Labute approximate surface area is 116 Å². The molecule has 1 saturated heterocycles. The van der Waals surface area contributed by atoms with Gasteiger partial charge in [-0.3, -0.25) is 4.79 Å². The number of amides is 1. The van der Waals surface area contributed by atoms with Gasteiger partial charge in [0.15, 0.2) is 0 Å². The van der Waals surface area contributed by atoms with E-state index in [1.54, 1.807) is 31.4 Å². The van der Waals surface area contributed by atoms with E-state index in [0.29, 0.717) is 11.3 Å². The number of hydrogen-bond donors (Lipinski definition) is 1. The molecule has 6 heteroatoms. The minimum atomic E-state index is -0.732. The van der Waals surface area contributed by atoms with Crippen molar-refractivity contribution in [2.75, 3.05) is 20.8 Å². The van der Waals surface area contributed by atoms with Gasteiger partial charge in [-0.25, -0.2) is 4.79 Å². The number of aliphatic hydroxyl groups excluding tert-OH is 1. The van der Waals surface area contributed by atoms with Gasteiger partial charge in [-0.1, -0.05) is 0 Å². The first kappa shape index (κ1) is 14.3. The molecule has 108 valence electrons. The summed E-state index contributed by atoms with van der Waals surface area (Å²) in [5.74, 6) is -0.171. The second kappa shape index (κ2) is 5.92. The molecule has 1 aliphatic heterocycles. The number of carbonyl (C=O) groups excluding carboxylic acids is 2. The van der Waals surface area contributed by atoms with Gasteiger partial charge in [0.05, 0.1) is 20.3 Å². The molecule has 2 unspecified atom stereocenters. The minimum absolute atomic E-state index is 0.130. The lowest BCUT2D eigenvalue weighted by Crippen LogP contribution is -2.41. The smallest absolute Gasteiger partial charge is 0.328 e. The Morgan fingerprint density at radius 2 is 1.90 bits per heavy atom. The number of carbonyl (C=O) groups is 2. The van der Waals surface area contributed by atoms with Crippen molar-refractivity contribution in [3.8, 4) is 5.75 Å². The van der Waals surface area contributed by atoms with Crippen molar-refractivity contribution in [2.24, 2.45) is 0 Å². The van der Waals surface area contributed by atoms with Crippen LogP contribution in [0.25, 0.3) is 0 Å². The Kier molecular flexibility index (Phi) is 4.24. The first-order valence-electron chi connectivity index (χ1n) is 6.27. The fraction of sp³-hybridized carbons (Fsp3) is 0.429. The Morgan fingerprint density at radius 3 is 2.45 bits per heavy atom. The summed E-state index contributed by atoms with van der Waals surface area (Å²) in [7, 11) is 2.81. The molecular weight excluding hydrogens is 262 g/mol. The van der Waals surface area contributed by atoms with E-state index in [1.807, 2.05) is 0 Å². The number of aliphatic hydroxyl groups is 1. The van der Waals surface area contributed by atoms with Crippen molar-refractivity contribution in [1.82, 2.24) is 4.90 Å². The molecule has 0 spiro atoms. The van der Waals surface area contributed by atoms with E-state index in [2.05, 4.69) is 4.74 Å². The summed E-state index contributed by atoms with van der Waals surface area (Å²) in [6.07, 6.45) is -0.504. The SMILES string of the molecule is COC(=O)C1CC(O)CN1C(=O)c1ccc(OC)cc1. The molecule has 0 aromatic heterocycles. The van der Waals surface area contributed by atoms with E-state index < -0.39 is 18.1 Å². The number of methoxy groups -OCH3 is 2. The quantitative estimate of drug-likeness (QED) is 0.813. The molecule has 0 aliphatic carbocycles. The maximum atomic E-state index is 12.4. The summed E-state index contributed by atoms with van der Waals surface area (Å²) in [6, 6.07) is 5.87. The highest BCUT2D eigenvalue weighted by molar-refractivity contribution is 5.97. The number of ether oxygens (including phenoxy) is 2. The molecule has 20 heavy (non-hydrogen) atoms. The molecule has 0 saturated carbocycles. The Balaban J connectivity index is 2.19. The summed E-state index contributed by atoms with van der Waals surface area (Å²) >= 11 is 0. The third-order valence-corrected chi connectivity index (χ3v) is 3.35. The van der Waals surface area contributed by atoms with Crippen LogP contribution < -0.4 is 4.74 Å². The van der Waals surface area contributed by atoms with Crippen LogP contribution in [0.5, 0.6) is 5.75 Å². The van der Waals surface area contributed by atoms with Crippen molar-refractivity contribution in [3.05, 3.63) is 29.8 Å². The molecule has 1 fully saturated rings. The van der Waals surface area contributed by atoms with Crippen LogP contribution >= 0.6 is 0 Å². The van der Waals surface area contributed by atoms with Crippen molar-refractivity contribution in [2.45, 2.75) is 18.6 Å². The van der Waals surface area contributed by atoms with Crippen LogP contribution in [0.3, 0.4) is 0 Å². The lowest BCUT2D eigenvalue weighted by Gasteiger charge is -2.22. The molecule has 1 aromatic rings. The van der Waals surface area contributed by atoms with Crippen molar-refractivity contribution in [1.29, 1.82) is 0 Å². The zero-order chi connectivity index (χ0) is 14.7. The first-order chi connectivity index (χ1) is 9.56. The fourth-order valence-electron chi connectivity index (χ4n) is 2.30. The maximum Gasteiger partial charge on any atom is 0.328 e. The van der Waals surface area contributed by atoms with Gasteiger partial charge < -0.3 is 19.5 Å². The molecule has 1 heterocycles. The number of β-amino-alcohol motifs (C(OH)–C–C–N with tert-alkyl or cyclic N) is 1. The van der Waals surface area contributed by atoms with Gasteiger partial charge in [0, 0.05) is 18.5 Å². The average Bonchev–Trinajstić information content (AvgIpc) is 2.87. The molecule has 6 nitrogen and oxygen atoms in total. The van der Waals surface area contributed by atoms with E-state index in [-0.39, 0.29) is 18.9 Å². The lowest BCUT2D eigenvalue weighted by molar-refractivity contribution is -0.145. The molecule has 2 rings (SSSR count). The van der Waals surface area contributed by atoms with Gasteiger partial charge in [-0.2, -0.15) is 0 Å². The predicted octanol–water partition coefficient (Wildman–Crippen LogP) is 0.444. The molecular formula is C14H17NO5. The minimum Gasteiger partial charge on any atom is -0.497 e. The van der Waals surface area contributed by atoms with Crippen LogP contribution in [0, 0.1) is 0 Å². The van der Waals surface area contributed by atoms with E-state index in [4.69, 9.17) is 4.74 Å². The van der Waals surface area contributed by atoms with Gasteiger partial charge in [-0.05, 0) is 24.3 Å². The average molecular weight is 279 g/mol. The predicted molar refractivity (Wildman–Crippen MR) is 70.5 cm³/mol. The molecule has 2 atom stereocenters. The molecule has 1 N–H and O–H groups in total. The van der Waals surface area contributed by atoms with E-state index >= 15 is 0 Å². The van der Waals surface area contributed by atoms with E-state index in [0.717, 1.165) is 0 Å². The number of esters is 1. The summed E-state index contributed by atoms with van der Waals surface area (Å²) in [6.45, 7) is 0.130. The van der Waals surface area contributed by atoms with Gasteiger partial charge in [-0.15, -0.1) is 0 Å². The monoisotopic (exact) mass is 279 g/mol. The van der Waals surface area contributed by atoms with Crippen LogP contribution in [0.15, 0.2) is 24.3 Å². The zero-order valence-electron chi connectivity index (χ0n) is 11.4. The second-order valence-electron chi connectivity index (χ2n) is 4.61. The number of benzene rings is 1. The zero-order valence-corrected chi connectivity index (χ0v) is 11.4. The standard InChI is InChI=1S/C14H17NO5/c1-19-11-5-3-9(4-6-11)13(17)15-8-10(16)7-12(15)14(18)20-2/h3-6,10,12,16H,7-8H2,1-2H3. The highest BCUT2D eigenvalue weighted by atomic mass is 16.5. The Hall–Kier alpha value is -2.08. The van der Waals surface area contributed by atoms with Crippen LogP contribution in [-0.2, 0) is 9.53 Å². The number of likely N-dealkylation sites (tertiary alicyclic amines) is 1. The Bertz CT molecular complexity index is 499. The van der Waals surface area contributed by atoms with Crippen molar-refractivity contribution < 1.29 is 24.2 Å². The molecule has 0 bridgehead atoms. The van der Waals surface area contributed by atoms with Gasteiger partial charge in [0.2, 0.25) is 0 Å². The number of rotatable bonds is 3. The third kappa shape index (κ3) is 2.75. The van der Waals surface area contributed by atoms with Crippen molar-refractivity contribution >= 4 is 11.9 Å². The molecule has 1 aliphatic rings. The highest BCUT2D eigenvalue weighted by Crippen LogP contribution is 2.22. The lowest BCUT2D eigenvalue weighted by atomic mass is 10.1. The van der Waals surface area contributed by atoms with Gasteiger partial charge >= 0.3 is 5.97 Å². The van der Waals surface area contributed by atoms with Crippen LogP contribution in [0.1, 0.15) is 16.8 Å². The molecule has 0 radical (unpaired) electrons. The highest BCUT2D eigenvalue weighted by Gasteiger charge is 2.39. The maximum absolute atomic E-state index is 12.4. The van der Waals surface area contributed by atoms with Crippen LogP contribution in [0.4, 0.5) is 0 Å². The van der Waals surface area contributed by atoms with Gasteiger partial charge in [0.25, 0.3) is 5.91 Å². The van der Waals surface area contributed by atoms with E-state index in [9.17, 15) is 14.7 Å². The third-order valence-electron chi connectivity index (χ3n) is 3.35. The molecule has 1 amide bonds. The normalized spacial score (nSPS) is 21.6. The topological polar surface area (TPSA) is 76.1 Å². The van der Waals surface area contributed by atoms with Crippen molar-refractivity contribution in [3.63, 3.8) is 0 Å². The van der Waals surface area contributed by atoms with Crippen LogP contribution in [0.2, 0.25) is 0 Å². The van der Waals surface area contributed by atoms with Gasteiger partial charge in [0.1, 0.15) is 11.8 Å². The largest absolute Gasteiger partial charge is 0.497 e. The Morgan fingerprint density at radius 1 is 1.25 bits per heavy atom. The number of hydrogen-bond acceptors (Lipinski definition) is 5. The second-order valence-corrected chi connectivity index (χ2v) is 4.61. The first-order valence-corrected chi connectivity index (χ1v) is 6.27. The summed E-state index contributed by atoms with van der Waals surface area (Å²) in [4.78, 5) is 25.4. The summed E-state index contributed by atoms with van der Waals surface area (Å²) in [5.41, 5.74) is 0.439. The molecule has 1 aromatic carbocycles. The summed E-state index contributed by atoms with van der Waals surface area (Å²) < 4.78 is 9.70. The van der Waals surface area contributed by atoms with E-state index in [1.165, 1.54) is 12.0 Å².